The molecule has 3 aliphatic carbocycles. The van der Waals surface area contributed by atoms with Crippen LogP contribution >= 0.6 is 0 Å². The number of ketones is 1. The number of Topliss-reactive ketones (excluding diaryl/α,β-unsaturated/α-hetero) is 1. The molecule has 0 aliphatic heterocycles. The minimum absolute atomic E-state index is 0.202. The van der Waals surface area contributed by atoms with Crippen molar-refractivity contribution in [2.24, 2.45) is 5.92 Å². The minimum Gasteiger partial charge on any atom is -0.294 e. The SMILES string of the molecule is CC1=CCC2=C(C1)[C@@]1([Si](C)(C)C)CC(C)=CC[C@H]1C2=O. The summed E-state index contributed by atoms with van der Waals surface area (Å²) < 4.78 is 0. The van der Waals surface area contributed by atoms with E-state index < -0.39 is 8.07 Å². The number of allylic oxidation sites excluding steroid dienone is 6. The summed E-state index contributed by atoms with van der Waals surface area (Å²) in [6.45, 7) is 11.9. The molecule has 0 aromatic rings. The van der Waals surface area contributed by atoms with Gasteiger partial charge in [0.2, 0.25) is 0 Å². The molecule has 0 spiro atoms. The average molecular weight is 286 g/mol. The van der Waals surface area contributed by atoms with Crippen LogP contribution in [0, 0.1) is 5.92 Å². The molecule has 0 bridgehead atoms. The first kappa shape index (κ1) is 14.1. The van der Waals surface area contributed by atoms with Gasteiger partial charge in [-0.15, -0.1) is 0 Å². The molecule has 0 aromatic carbocycles. The van der Waals surface area contributed by atoms with Crippen molar-refractivity contribution in [1.29, 1.82) is 0 Å². The molecule has 0 saturated carbocycles. The van der Waals surface area contributed by atoms with Crippen molar-refractivity contribution in [3.8, 4) is 0 Å². The molecule has 0 aromatic heterocycles. The molecule has 3 aliphatic rings. The highest BCUT2D eigenvalue weighted by molar-refractivity contribution is 6.80. The Hall–Kier alpha value is -0.893. The molecule has 0 N–H and O–H groups in total. The molecule has 108 valence electrons. The number of carbonyl (C=O) groups is 1. The second-order valence-electron chi connectivity index (χ2n) is 7.99. The zero-order valence-corrected chi connectivity index (χ0v) is 14.5. The summed E-state index contributed by atoms with van der Waals surface area (Å²) in [6.07, 6.45) is 8.63. The summed E-state index contributed by atoms with van der Waals surface area (Å²) >= 11 is 0. The topological polar surface area (TPSA) is 17.1 Å². The highest BCUT2D eigenvalue weighted by Crippen LogP contribution is 2.66. The number of hydrogen-bond acceptors (Lipinski definition) is 1. The van der Waals surface area contributed by atoms with Crippen LogP contribution in [0.4, 0.5) is 0 Å². The monoisotopic (exact) mass is 286 g/mol. The lowest BCUT2D eigenvalue weighted by Crippen LogP contribution is -2.46. The van der Waals surface area contributed by atoms with Crippen LogP contribution in [0.1, 0.15) is 39.5 Å². The van der Waals surface area contributed by atoms with Crippen LogP contribution in [-0.2, 0) is 4.79 Å². The van der Waals surface area contributed by atoms with Gasteiger partial charge < -0.3 is 0 Å². The first-order valence-electron chi connectivity index (χ1n) is 7.85. The summed E-state index contributed by atoms with van der Waals surface area (Å²) in [7, 11) is -1.48. The van der Waals surface area contributed by atoms with Gasteiger partial charge in [-0.05, 0) is 45.1 Å². The van der Waals surface area contributed by atoms with Gasteiger partial charge in [-0.2, -0.15) is 0 Å². The molecule has 0 heterocycles. The fourth-order valence-electron chi connectivity index (χ4n) is 4.79. The van der Waals surface area contributed by atoms with Crippen molar-refractivity contribution >= 4 is 13.9 Å². The molecule has 0 amide bonds. The second-order valence-corrected chi connectivity index (χ2v) is 13.4. The van der Waals surface area contributed by atoms with E-state index in [0.717, 1.165) is 25.7 Å². The van der Waals surface area contributed by atoms with Crippen LogP contribution in [0.15, 0.2) is 34.4 Å². The second kappa shape index (κ2) is 4.30. The summed E-state index contributed by atoms with van der Waals surface area (Å²) in [5, 5.41) is 0.202. The normalized spacial score (nSPS) is 33.6. The molecule has 0 fully saturated rings. The van der Waals surface area contributed by atoms with Crippen molar-refractivity contribution in [3.63, 3.8) is 0 Å². The number of rotatable bonds is 1. The van der Waals surface area contributed by atoms with E-state index in [1.807, 2.05) is 0 Å². The molecule has 3 rings (SSSR count). The van der Waals surface area contributed by atoms with Crippen LogP contribution in [-0.4, -0.2) is 13.9 Å². The first-order chi connectivity index (χ1) is 9.27. The Labute approximate surface area is 123 Å². The van der Waals surface area contributed by atoms with Gasteiger partial charge in [0.05, 0.1) is 8.07 Å². The number of carbonyl (C=O) groups excluding carboxylic acids is 1. The van der Waals surface area contributed by atoms with Crippen molar-refractivity contribution in [1.82, 2.24) is 0 Å². The Kier molecular flexibility index (Phi) is 3.02. The highest BCUT2D eigenvalue weighted by atomic mass is 28.3. The fraction of sp³-hybridized carbons (Fsp3) is 0.611. The molecular formula is C18H26OSi. The Balaban J connectivity index is 2.19. The highest BCUT2D eigenvalue weighted by Gasteiger charge is 2.59. The van der Waals surface area contributed by atoms with Crippen LogP contribution in [0.3, 0.4) is 0 Å². The fourth-order valence-corrected chi connectivity index (χ4v) is 8.04. The Morgan fingerprint density at radius 2 is 1.85 bits per heavy atom. The maximum atomic E-state index is 12.9. The quantitative estimate of drug-likeness (QED) is 0.487. The standard InChI is InChI=1S/C18H26OSi/c1-12-6-8-14-16(10-12)18(20(3,4)5)11-13(2)7-9-15(18)17(14)19/h6-7,15H,8-11H2,1-5H3/t15-,18+/m0/s1. The van der Waals surface area contributed by atoms with Gasteiger partial charge in [-0.3, -0.25) is 4.79 Å². The van der Waals surface area contributed by atoms with Crippen LogP contribution in [0.25, 0.3) is 0 Å². The lowest BCUT2D eigenvalue weighted by Gasteiger charge is -2.49. The van der Waals surface area contributed by atoms with E-state index >= 15 is 0 Å². The van der Waals surface area contributed by atoms with Gasteiger partial charge in [0, 0.05) is 11.0 Å². The predicted octanol–water partition coefficient (Wildman–Crippen LogP) is 5.04. The third kappa shape index (κ3) is 1.70. The molecule has 2 heteroatoms. The van der Waals surface area contributed by atoms with Gasteiger partial charge in [-0.25, -0.2) is 0 Å². The maximum Gasteiger partial charge on any atom is 0.163 e. The van der Waals surface area contributed by atoms with Gasteiger partial charge >= 0.3 is 0 Å². The molecule has 0 saturated heterocycles. The summed E-state index contributed by atoms with van der Waals surface area (Å²) in [4.78, 5) is 12.9. The van der Waals surface area contributed by atoms with E-state index in [2.05, 4.69) is 45.6 Å². The first-order valence-corrected chi connectivity index (χ1v) is 11.4. The Bertz CT molecular complexity index is 571. The maximum absolute atomic E-state index is 12.9. The Morgan fingerprint density at radius 3 is 2.50 bits per heavy atom. The zero-order valence-electron chi connectivity index (χ0n) is 13.5. The van der Waals surface area contributed by atoms with E-state index in [1.54, 1.807) is 5.57 Å². The minimum atomic E-state index is -1.48. The number of hydrogen-bond donors (Lipinski definition) is 0. The van der Waals surface area contributed by atoms with Gasteiger partial charge in [-0.1, -0.05) is 48.5 Å². The predicted molar refractivity (Wildman–Crippen MR) is 87.5 cm³/mol. The van der Waals surface area contributed by atoms with Gasteiger partial charge in [0.15, 0.2) is 5.78 Å². The molecule has 0 unspecified atom stereocenters. The van der Waals surface area contributed by atoms with Crippen LogP contribution in [0.5, 0.6) is 0 Å². The zero-order chi connectivity index (χ0) is 14.7. The van der Waals surface area contributed by atoms with Crippen molar-refractivity contribution in [2.75, 3.05) is 0 Å². The van der Waals surface area contributed by atoms with E-state index in [1.165, 1.54) is 16.7 Å². The summed E-state index contributed by atoms with van der Waals surface area (Å²) in [5.74, 6) is 0.733. The van der Waals surface area contributed by atoms with Gasteiger partial charge in [0.1, 0.15) is 0 Å². The average Bonchev–Trinajstić information content (AvgIpc) is 2.59. The van der Waals surface area contributed by atoms with E-state index in [4.69, 9.17) is 0 Å². The molecule has 1 nitrogen and oxygen atoms in total. The molecular weight excluding hydrogens is 260 g/mol. The summed E-state index contributed by atoms with van der Waals surface area (Å²) in [6, 6.07) is 0. The Morgan fingerprint density at radius 1 is 1.15 bits per heavy atom. The van der Waals surface area contributed by atoms with E-state index in [0.29, 0.717) is 5.78 Å². The molecule has 0 radical (unpaired) electrons. The smallest absolute Gasteiger partial charge is 0.163 e. The third-order valence-electron chi connectivity index (χ3n) is 5.82. The van der Waals surface area contributed by atoms with Gasteiger partial charge in [0.25, 0.3) is 0 Å². The lowest BCUT2D eigenvalue weighted by molar-refractivity contribution is -0.119. The lowest BCUT2D eigenvalue weighted by atomic mass is 9.76. The molecule has 2 atom stereocenters. The third-order valence-corrected chi connectivity index (χ3v) is 9.32. The summed E-state index contributed by atoms with van der Waals surface area (Å²) in [5.41, 5.74) is 5.68. The van der Waals surface area contributed by atoms with Crippen molar-refractivity contribution in [3.05, 3.63) is 34.4 Å². The van der Waals surface area contributed by atoms with Crippen LogP contribution < -0.4 is 0 Å². The number of fused-ring (bicyclic) bond motifs is 2. The van der Waals surface area contributed by atoms with E-state index in [-0.39, 0.29) is 11.0 Å². The largest absolute Gasteiger partial charge is 0.294 e. The molecule has 20 heavy (non-hydrogen) atoms. The van der Waals surface area contributed by atoms with Crippen LogP contribution in [0.2, 0.25) is 24.7 Å². The van der Waals surface area contributed by atoms with Crippen molar-refractivity contribution < 1.29 is 4.79 Å². The van der Waals surface area contributed by atoms with Crippen molar-refractivity contribution in [2.45, 2.75) is 64.2 Å². The van der Waals surface area contributed by atoms with E-state index in [9.17, 15) is 4.79 Å².